The molecule has 0 radical (unpaired) electrons. The monoisotopic (exact) mass is 375 g/mol. The van der Waals surface area contributed by atoms with Crippen molar-refractivity contribution < 1.29 is 23.8 Å². The molecule has 2 atom stereocenters. The lowest BCUT2D eigenvalue weighted by Gasteiger charge is -2.24. The van der Waals surface area contributed by atoms with Crippen molar-refractivity contribution in [3.05, 3.63) is 59.4 Å². The highest BCUT2D eigenvalue weighted by Crippen LogP contribution is 2.30. The minimum Gasteiger partial charge on any atom is -0.493 e. The highest BCUT2D eigenvalue weighted by atomic mass is 19.1. The summed E-state index contributed by atoms with van der Waals surface area (Å²) in [5.41, 5.74) is 1.53. The molecule has 146 valence electrons. The summed E-state index contributed by atoms with van der Waals surface area (Å²) >= 11 is 0. The molecule has 5 nitrogen and oxygen atoms in total. The zero-order valence-electron chi connectivity index (χ0n) is 16.1. The molecule has 0 bridgehead atoms. The Labute approximate surface area is 159 Å². The highest BCUT2D eigenvalue weighted by molar-refractivity contribution is 5.78. The Balaban J connectivity index is 1.99. The summed E-state index contributed by atoms with van der Waals surface area (Å²) in [7, 11) is 4.73. The third-order valence-electron chi connectivity index (χ3n) is 4.49. The quantitative estimate of drug-likeness (QED) is 0.770. The van der Waals surface area contributed by atoms with Gasteiger partial charge in [-0.15, -0.1) is 0 Å². The van der Waals surface area contributed by atoms with Gasteiger partial charge in [0, 0.05) is 13.0 Å². The molecule has 0 fully saturated rings. The SMILES string of the molecule is COc1ccc(C(O)CN(C)C(=O)C(C)Cc2ccc(F)cc2)cc1OC. The van der Waals surface area contributed by atoms with Crippen LogP contribution >= 0.6 is 0 Å². The molecule has 1 N–H and O–H groups in total. The van der Waals surface area contributed by atoms with Crippen molar-refractivity contribution >= 4 is 5.91 Å². The Morgan fingerprint density at radius 2 is 1.74 bits per heavy atom. The molecule has 0 aromatic heterocycles. The molecule has 27 heavy (non-hydrogen) atoms. The minimum atomic E-state index is -0.850. The average molecular weight is 375 g/mol. The minimum absolute atomic E-state index is 0.0844. The van der Waals surface area contributed by atoms with Gasteiger partial charge in [-0.25, -0.2) is 4.39 Å². The molecule has 6 heteroatoms. The van der Waals surface area contributed by atoms with Crippen LogP contribution in [0.2, 0.25) is 0 Å². The van der Waals surface area contributed by atoms with E-state index in [1.54, 1.807) is 44.5 Å². The number of aliphatic hydroxyl groups is 1. The number of nitrogens with zero attached hydrogens (tertiary/aromatic N) is 1. The van der Waals surface area contributed by atoms with Crippen LogP contribution in [0.4, 0.5) is 4.39 Å². The van der Waals surface area contributed by atoms with Crippen molar-refractivity contribution in [2.24, 2.45) is 5.92 Å². The van der Waals surface area contributed by atoms with Gasteiger partial charge in [-0.05, 0) is 41.8 Å². The molecule has 2 unspecified atom stereocenters. The Kier molecular flexibility index (Phi) is 7.19. The molecule has 0 heterocycles. The number of rotatable bonds is 8. The molecule has 0 saturated heterocycles. The summed E-state index contributed by atoms with van der Waals surface area (Å²) in [6.07, 6.45) is -0.340. The van der Waals surface area contributed by atoms with Gasteiger partial charge in [0.2, 0.25) is 5.91 Å². The van der Waals surface area contributed by atoms with Crippen molar-refractivity contribution in [3.63, 3.8) is 0 Å². The molecular weight excluding hydrogens is 349 g/mol. The van der Waals surface area contributed by atoms with E-state index in [0.717, 1.165) is 5.56 Å². The molecule has 0 saturated carbocycles. The smallest absolute Gasteiger partial charge is 0.225 e. The molecule has 2 aromatic rings. The van der Waals surface area contributed by atoms with Crippen LogP contribution in [-0.4, -0.2) is 43.7 Å². The summed E-state index contributed by atoms with van der Waals surface area (Å²) in [4.78, 5) is 14.1. The van der Waals surface area contributed by atoms with Gasteiger partial charge < -0.3 is 19.5 Å². The molecule has 0 aliphatic rings. The third-order valence-corrected chi connectivity index (χ3v) is 4.49. The Morgan fingerprint density at radius 3 is 2.33 bits per heavy atom. The second-order valence-electron chi connectivity index (χ2n) is 6.58. The third kappa shape index (κ3) is 5.44. The topological polar surface area (TPSA) is 59.0 Å². The van der Waals surface area contributed by atoms with Gasteiger partial charge in [0.1, 0.15) is 5.82 Å². The lowest BCUT2D eigenvalue weighted by Crippen LogP contribution is -2.35. The first kappa shape index (κ1) is 20.7. The average Bonchev–Trinajstić information content (AvgIpc) is 2.68. The van der Waals surface area contributed by atoms with Crippen LogP contribution in [0.1, 0.15) is 24.2 Å². The van der Waals surface area contributed by atoms with Crippen molar-refractivity contribution in [2.75, 3.05) is 27.8 Å². The predicted octanol–water partition coefficient (Wildman–Crippen LogP) is 3.21. The number of amides is 1. The van der Waals surface area contributed by atoms with E-state index in [-0.39, 0.29) is 24.2 Å². The standard InChI is InChI=1S/C21H26FNO4/c1-14(11-15-5-8-17(22)9-6-15)21(25)23(2)13-18(24)16-7-10-19(26-3)20(12-16)27-4/h5-10,12,14,18,24H,11,13H2,1-4H3. The van der Waals surface area contributed by atoms with Gasteiger partial charge in [-0.3, -0.25) is 4.79 Å². The summed E-state index contributed by atoms with van der Waals surface area (Å²) < 4.78 is 23.4. The summed E-state index contributed by atoms with van der Waals surface area (Å²) in [5.74, 6) is 0.434. The maximum absolute atomic E-state index is 13.0. The van der Waals surface area contributed by atoms with Gasteiger partial charge in [-0.2, -0.15) is 0 Å². The number of aliphatic hydroxyl groups excluding tert-OH is 1. The van der Waals surface area contributed by atoms with E-state index in [1.807, 2.05) is 6.92 Å². The first-order valence-electron chi connectivity index (χ1n) is 8.75. The van der Waals surface area contributed by atoms with Crippen LogP contribution < -0.4 is 9.47 Å². The summed E-state index contributed by atoms with van der Waals surface area (Å²) in [6, 6.07) is 11.3. The second-order valence-corrected chi connectivity index (χ2v) is 6.58. The van der Waals surface area contributed by atoms with E-state index in [9.17, 15) is 14.3 Å². The van der Waals surface area contributed by atoms with Crippen LogP contribution in [-0.2, 0) is 11.2 Å². The molecule has 2 aromatic carbocycles. The van der Waals surface area contributed by atoms with Crippen LogP contribution in [0.25, 0.3) is 0 Å². The number of likely N-dealkylation sites (N-methyl/N-ethyl adjacent to an activating group) is 1. The fourth-order valence-electron chi connectivity index (χ4n) is 2.95. The van der Waals surface area contributed by atoms with Gasteiger partial charge >= 0.3 is 0 Å². The lowest BCUT2D eigenvalue weighted by molar-refractivity contribution is -0.134. The molecule has 1 amide bonds. The Morgan fingerprint density at radius 1 is 1.11 bits per heavy atom. The molecule has 0 aliphatic carbocycles. The fraction of sp³-hybridized carbons (Fsp3) is 0.381. The maximum Gasteiger partial charge on any atom is 0.225 e. The number of carbonyl (C=O) groups is 1. The van der Waals surface area contributed by atoms with Crippen molar-refractivity contribution in [1.29, 1.82) is 0 Å². The van der Waals surface area contributed by atoms with Crippen LogP contribution in [0.3, 0.4) is 0 Å². The van der Waals surface area contributed by atoms with Crippen LogP contribution in [0.5, 0.6) is 11.5 Å². The van der Waals surface area contributed by atoms with E-state index >= 15 is 0 Å². The van der Waals surface area contributed by atoms with Gasteiger partial charge in [0.15, 0.2) is 11.5 Å². The second kappa shape index (κ2) is 9.37. The maximum atomic E-state index is 13.0. The van der Waals surface area contributed by atoms with Gasteiger partial charge in [0.05, 0.1) is 26.9 Å². The number of benzene rings is 2. The first-order valence-corrected chi connectivity index (χ1v) is 8.75. The predicted molar refractivity (Wildman–Crippen MR) is 101 cm³/mol. The summed E-state index contributed by atoms with van der Waals surface area (Å²) in [5, 5.41) is 10.5. The van der Waals surface area contributed by atoms with Gasteiger partial charge in [0.25, 0.3) is 0 Å². The van der Waals surface area contributed by atoms with Crippen molar-refractivity contribution in [2.45, 2.75) is 19.4 Å². The Hall–Kier alpha value is -2.60. The molecular formula is C21H26FNO4. The normalized spacial score (nSPS) is 13.0. The van der Waals surface area contributed by atoms with E-state index in [2.05, 4.69) is 0 Å². The number of methoxy groups -OCH3 is 2. The van der Waals surface area contributed by atoms with Crippen molar-refractivity contribution in [3.8, 4) is 11.5 Å². The first-order chi connectivity index (χ1) is 12.8. The number of ether oxygens (including phenoxy) is 2. The molecule has 2 rings (SSSR count). The van der Waals surface area contributed by atoms with E-state index in [0.29, 0.717) is 23.5 Å². The van der Waals surface area contributed by atoms with Crippen LogP contribution in [0, 0.1) is 11.7 Å². The van der Waals surface area contributed by atoms with Crippen LogP contribution in [0.15, 0.2) is 42.5 Å². The number of hydrogen-bond donors (Lipinski definition) is 1. The summed E-state index contributed by atoms with van der Waals surface area (Å²) in [6.45, 7) is 1.98. The number of halogens is 1. The lowest BCUT2D eigenvalue weighted by atomic mass is 9.99. The highest BCUT2D eigenvalue weighted by Gasteiger charge is 2.21. The van der Waals surface area contributed by atoms with Crippen molar-refractivity contribution in [1.82, 2.24) is 4.90 Å². The Bertz CT molecular complexity index is 763. The zero-order chi connectivity index (χ0) is 20.0. The number of carbonyl (C=O) groups excluding carboxylic acids is 1. The largest absolute Gasteiger partial charge is 0.493 e. The van der Waals surface area contributed by atoms with E-state index in [4.69, 9.17) is 9.47 Å². The fourth-order valence-corrected chi connectivity index (χ4v) is 2.95. The molecule has 0 aliphatic heterocycles. The van der Waals surface area contributed by atoms with E-state index < -0.39 is 6.10 Å². The van der Waals surface area contributed by atoms with E-state index in [1.165, 1.54) is 24.1 Å². The molecule has 0 spiro atoms. The van der Waals surface area contributed by atoms with Gasteiger partial charge in [-0.1, -0.05) is 25.1 Å². The zero-order valence-corrected chi connectivity index (χ0v) is 16.1. The number of hydrogen-bond acceptors (Lipinski definition) is 4.